The van der Waals surface area contributed by atoms with Gasteiger partial charge < -0.3 is 10.2 Å². The Kier molecular flexibility index (Phi) is 9.55. The fraction of sp³-hybridized carbons (Fsp3) is 0.417. The maximum Gasteiger partial charge on any atom is 0.244 e. The molecular formula is C24H31F2N3O4S. The highest BCUT2D eigenvalue weighted by Crippen LogP contribution is 2.22. The molecule has 0 spiro atoms. The molecule has 0 aliphatic heterocycles. The summed E-state index contributed by atoms with van der Waals surface area (Å²) in [6.45, 7) is 4.72. The lowest BCUT2D eigenvalue weighted by Crippen LogP contribution is -2.53. The molecular weight excluding hydrogens is 464 g/mol. The minimum absolute atomic E-state index is 0.0551. The van der Waals surface area contributed by atoms with Gasteiger partial charge in [-0.05, 0) is 49.6 Å². The van der Waals surface area contributed by atoms with E-state index in [4.69, 9.17) is 0 Å². The predicted molar refractivity (Wildman–Crippen MR) is 128 cm³/mol. The third-order valence-electron chi connectivity index (χ3n) is 5.45. The highest BCUT2D eigenvalue weighted by molar-refractivity contribution is 7.92. The quantitative estimate of drug-likeness (QED) is 0.517. The Hall–Kier alpha value is -3.01. The largest absolute Gasteiger partial charge is 0.352 e. The first-order valence-electron chi connectivity index (χ1n) is 11.0. The van der Waals surface area contributed by atoms with Gasteiger partial charge in [0.05, 0.1) is 11.9 Å². The summed E-state index contributed by atoms with van der Waals surface area (Å²) in [5.41, 5.74) is 0.290. The first-order chi connectivity index (χ1) is 16.0. The van der Waals surface area contributed by atoms with Gasteiger partial charge in [-0.25, -0.2) is 17.2 Å². The minimum atomic E-state index is -4.03. The fourth-order valence-electron chi connectivity index (χ4n) is 3.40. The standard InChI is InChI=1S/C24H31F2N3O4S/c1-5-17(3)27-24(31)21(6-2)28(15-18-11-13-19(25)14-12-18)23(30)16-29(34(4,32)33)22-10-8-7-9-20(22)26/h7-14,17,21H,5-6,15-16H2,1-4H3,(H,27,31)/t17-,21+/m0/s1. The molecule has 2 rings (SSSR count). The lowest BCUT2D eigenvalue weighted by Gasteiger charge is -2.33. The molecule has 0 bridgehead atoms. The molecule has 0 aliphatic carbocycles. The Balaban J connectivity index is 2.44. The molecule has 0 saturated carbocycles. The molecule has 0 heterocycles. The van der Waals surface area contributed by atoms with Crippen LogP contribution < -0.4 is 9.62 Å². The van der Waals surface area contributed by atoms with Crippen LogP contribution in [0.3, 0.4) is 0 Å². The van der Waals surface area contributed by atoms with E-state index in [1.54, 1.807) is 6.92 Å². The Morgan fingerprint density at radius 1 is 1.00 bits per heavy atom. The maximum atomic E-state index is 14.4. The maximum absolute atomic E-state index is 14.4. The summed E-state index contributed by atoms with van der Waals surface area (Å²) in [6, 6.07) is 9.65. The van der Waals surface area contributed by atoms with E-state index in [1.165, 1.54) is 47.4 Å². The number of sulfonamides is 1. The predicted octanol–water partition coefficient (Wildman–Crippen LogP) is 3.45. The van der Waals surface area contributed by atoms with Crippen molar-refractivity contribution in [1.82, 2.24) is 10.2 Å². The molecule has 0 aliphatic rings. The van der Waals surface area contributed by atoms with E-state index in [2.05, 4.69) is 5.32 Å². The number of carbonyl (C=O) groups is 2. The molecule has 0 saturated heterocycles. The van der Waals surface area contributed by atoms with Gasteiger partial charge in [-0.3, -0.25) is 13.9 Å². The van der Waals surface area contributed by atoms with Crippen LogP contribution in [-0.4, -0.2) is 50.0 Å². The molecule has 2 aromatic carbocycles. The summed E-state index contributed by atoms with van der Waals surface area (Å²) >= 11 is 0. The first kappa shape index (κ1) is 27.2. The Labute approximate surface area is 199 Å². The molecule has 2 amide bonds. The fourth-order valence-corrected chi connectivity index (χ4v) is 4.25. The smallest absolute Gasteiger partial charge is 0.244 e. The van der Waals surface area contributed by atoms with E-state index in [0.29, 0.717) is 16.3 Å². The van der Waals surface area contributed by atoms with E-state index >= 15 is 0 Å². The SMILES string of the molecule is CC[C@H](C(=O)N[C@@H](C)CC)N(Cc1ccc(F)cc1)C(=O)CN(c1ccccc1F)S(C)(=O)=O. The van der Waals surface area contributed by atoms with E-state index in [-0.39, 0.29) is 30.6 Å². The van der Waals surface area contributed by atoms with Crippen LogP contribution in [-0.2, 0) is 26.2 Å². The van der Waals surface area contributed by atoms with Crippen LogP contribution in [0.25, 0.3) is 0 Å². The van der Waals surface area contributed by atoms with Crippen molar-refractivity contribution in [2.75, 3.05) is 17.1 Å². The second-order valence-corrected chi connectivity index (χ2v) is 10.0. The third-order valence-corrected chi connectivity index (χ3v) is 6.58. The first-order valence-corrected chi connectivity index (χ1v) is 12.9. The monoisotopic (exact) mass is 495 g/mol. The van der Waals surface area contributed by atoms with Crippen LogP contribution in [0.1, 0.15) is 39.2 Å². The lowest BCUT2D eigenvalue weighted by atomic mass is 10.1. The number of anilines is 1. The topological polar surface area (TPSA) is 86.8 Å². The number of hydrogen-bond acceptors (Lipinski definition) is 4. The number of nitrogens with zero attached hydrogens (tertiary/aromatic N) is 2. The van der Waals surface area contributed by atoms with Gasteiger partial charge in [-0.15, -0.1) is 0 Å². The summed E-state index contributed by atoms with van der Waals surface area (Å²) in [7, 11) is -4.03. The highest BCUT2D eigenvalue weighted by atomic mass is 32.2. The van der Waals surface area contributed by atoms with Crippen LogP contribution >= 0.6 is 0 Å². The molecule has 34 heavy (non-hydrogen) atoms. The zero-order chi connectivity index (χ0) is 25.5. The number of carbonyl (C=O) groups excluding carboxylic acids is 2. The number of para-hydroxylation sites is 1. The summed E-state index contributed by atoms with van der Waals surface area (Å²) in [4.78, 5) is 27.7. The Bertz CT molecular complexity index is 1090. The van der Waals surface area contributed by atoms with Crippen LogP contribution in [0.15, 0.2) is 48.5 Å². The van der Waals surface area contributed by atoms with Gasteiger partial charge in [-0.1, -0.05) is 38.1 Å². The molecule has 1 N–H and O–H groups in total. The van der Waals surface area contributed by atoms with Crippen molar-refractivity contribution in [2.45, 2.75) is 52.2 Å². The third kappa shape index (κ3) is 7.24. The number of hydrogen-bond donors (Lipinski definition) is 1. The van der Waals surface area contributed by atoms with Gasteiger partial charge in [0, 0.05) is 12.6 Å². The van der Waals surface area contributed by atoms with Crippen molar-refractivity contribution in [3.63, 3.8) is 0 Å². The summed E-state index contributed by atoms with van der Waals surface area (Å²) in [5, 5.41) is 2.85. The zero-order valence-corrected chi connectivity index (χ0v) is 20.6. The second kappa shape index (κ2) is 11.9. The molecule has 0 unspecified atom stereocenters. The van der Waals surface area contributed by atoms with Gasteiger partial charge >= 0.3 is 0 Å². The van der Waals surface area contributed by atoms with Gasteiger partial charge in [0.25, 0.3) is 0 Å². The van der Waals surface area contributed by atoms with Crippen molar-refractivity contribution >= 4 is 27.5 Å². The van der Waals surface area contributed by atoms with E-state index in [0.717, 1.165) is 12.3 Å². The van der Waals surface area contributed by atoms with Crippen molar-refractivity contribution < 1.29 is 26.8 Å². The second-order valence-electron chi connectivity index (χ2n) is 8.11. The summed E-state index contributed by atoms with van der Waals surface area (Å²) in [5.74, 6) is -2.33. The zero-order valence-electron chi connectivity index (χ0n) is 19.8. The Morgan fingerprint density at radius 3 is 2.15 bits per heavy atom. The van der Waals surface area contributed by atoms with Crippen molar-refractivity contribution in [2.24, 2.45) is 0 Å². The summed E-state index contributed by atoms with van der Waals surface area (Å²) in [6.07, 6.45) is 1.82. The van der Waals surface area contributed by atoms with Gasteiger partial charge in [0.2, 0.25) is 21.8 Å². The Morgan fingerprint density at radius 2 is 1.62 bits per heavy atom. The van der Waals surface area contributed by atoms with Crippen LogP contribution in [0.5, 0.6) is 0 Å². The number of benzene rings is 2. The minimum Gasteiger partial charge on any atom is -0.352 e. The molecule has 10 heteroatoms. The van der Waals surface area contributed by atoms with E-state index in [1.807, 2.05) is 13.8 Å². The average molecular weight is 496 g/mol. The van der Waals surface area contributed by atoms with Gasteiger partial charge in [-0.2, -0.15) is 0 Å². The van der Waals surface area contributed by atoms with E-state index < -0.39 is 40.2 Å². The number of nitrogens with one attached hydrogen (secondary N) is 1. The lowest BCUT2D eigenvalue weighted by molar-refractivity contribution is -0.140. The van der Waals surface area contributed by atoms with Crippen molar-refractivity contribution in [3.05, 3.63) is 65.7 Å². The molecule has 0 aromatic heterocycles. The van der Waals surface area contributed by atoms with Gasteiger partial charge in [0.1, 0.15) is 24.2 Å². The number of amides is 2. The number of halogens is 2. The van der Waals surface area contributed by atoms with Gasteiger partial charge in [0.15, 0.2) is 0 Å². The average Bonchev–Trinajstić information content (AvgIpc) is 2.78. The van der Waals surface area contributed by atoms with Crippen LogP contribution in [0, 0.1) is 11.6 Å². The van der Waals surface area contributed by atoms with Crippen LogP contribution in [0.4, 0.5) is 14.5 Å². The highest BCUT2D eigenvalue weighted by Gasteiger charge is 2.32. The summed E-state index contributed by atoms with van der Waals surface area (Å²) < 4.78 is 53.4. The molecule has 0 fully saturated rings. The molecule has 2 atom stereocenters. The normalized spacial score (nSPS) is 13.1. The molecule has 186 valence electrons. The molecule has 0 radical (unpaired) electrons. The van der Waals surface area contributed by atoms with Crippen molar-refractivity contribution in [1.29, 1.82) is 0 Å². The number of rotatable bonds is 11. The van der Waals surface area contributed by atoms with E-state index in [9.17, 15) is 26.8 Å². The molecule has 2 aromatic rings. The van der Waals surface area contributed by atoms with Crippen molar-refractivity contribution in [3.8, 4) is 0 Å². The molecule has 7 nitrogen and oxygen atoms in total. The van der Waals surface area contributed by atoms with Crippen LogP contribution in [0.2, 0.25) is 0 Å².